The summed E-state index contributed by atoms with van der Waals surface area (Å²) in [5.74, 6) is 0. The van der Waals surface area contributed by atoms with Crippen LogP contribution in [0.15, 0.2) is 22.7 Å². The van der Waals surface area contributed by atoms with E-state index >= 15 is 0 Å². The van der Waals surface area contributed by atoms with Crippen LogP contribution in [0.3, 0.4) is 0 Å². The van der Waals surface area contributed by atoms with Crippen LogP contribution in [0.5, 0.6) is 0 Å². The lowest BCUT2D eigenvalue weighted by atomic mass is 9.75. The second-order valence-corrected chi connectivity index (χ2v) is 6.98. The van der Waals surface area contributed by atoms with Gasteiger partial charge in [-0.25, -0.2) is 0 Å². The summed E-state index contributed by atoms with van der Waals surface area (Å²) < 4.78 is 1.16. The number of rotatable bonds is 2. The first-order valence-electron chi connectivity index (χ1n) is 6.49. The molecule has 0 aliphatic heterocycles. The fourth-order valence-corrected chi connectivity index (χ4v) is 3.31. The topological polar surface area (TPSA) is 12.0 Å². The first-order chi connectivity index (χ1) is 7.96. The Morgan fingerprint density at radius 3 is 2.76 bits per heavy atom. The number of hydrogen-bond acceptors (Lipinski definition) is 1. The molecule has 0 heterocycles. The molecule has 2 heteroatoms. The normalized spacial score (nSPS) is 23.4. The highest BCUT2D eigenvalue weighted by molar-refractivity contribution is 9.10. The second-order valence-electron chi connectivity index (χ2n) is 6.06. The van der Waals surface area contributed by atoms with Crippen LogP contribution in [0.4, 0.5) is 5.69 Å². The second kappa shape index (κ2) is 5.01. The van der Waals surface area contributed by atoms with E-state index in [1.165, 1.54) is 36.9 Å². The van der Waals surface area contributed by atoms with Gasteiger partial charge in [0.05, 0.1) is 0 Å². The molecule has 17 heavy (non-hydrogen) atoms. The minimum atomic E-state index is 0.499. The molecule has 0 radical (unpaired) electrons. The molecule has 1 aromatic rings. The van der Waals surface area contributed by atoms with Crippen molar-refractivity contribution in [2.75, 3.05) is 5.32 Å². The number of halogens is 1. The average Bonchev–Trinajstić information content (AvgIpc) is 2.21. The molecule has 0 spiro atoms. The van der Waals surface area contributed by atoms with Gasteiger partial charge in [-0.2, -0.15) is 0 Å². The third-order valence-corrected chi connectivity index (χ3v) is 4.25. The zero-order valence-electron chi connectivity index (χ0n) is 11.0. The number of nitrogens with one attached hydrogen (secondary N) is 1. The molecule has 1 aliphatic carbocycles. The van der Waals surface area contributed by atoms with Crippen molar-refractivity contribution < 1.29 is 0 Å². The Balaban J connectivity index is 2.05. The van der Waals surface area contributed by atoms with Crippen molar-refractivity contribution in [3.8, 4) is 0 Å². The SMILES string of the molecule is Cc1cc(Br)ccc1NC1CCCC(C)(C)C1. The number of benzene rings is 1. The van der Waals surface area contributed by atoms with Crippen LogP contribution in [-0.2, 0) is 0 Å². The molecular weight excluding hydrogens is 274 g/mol. The minimum Gasteiger partial charge on any atom is -0.382 e. The van der Waals surface area contributed by atoms with E-state index in [0.29, 0.717) is 11.5 Å². The van der Waals surface area contributed by atoms with Crippen LogP contribution < -0.4 is 5.32 Å². The summed E-state index contributed by atoms with van der Waals surface area (Å²) in [5, 5.41) is 3.71. The standard InChI is InChI=1S/C15H22BrN/c1-11-9-12(16)6-7-14(11)17-13-5-4-8-15(2,3)10-13/h6-7,9,13,17H,4-5,8,10H2,1-3H3. The fraction of sp³-hybridized carbons (Fsp3) is 0.600. The van der Waals surface area contributed by atoms with Crippen molar-refractivity contribution in [2.45, 2.75) is 52.5 Å². The summed E-state index contributed by atoms with van der Waals surface area (Å²) in [6.45, 7) is 6.94. The lowest BCUT2D eigenvalue weighted by Gasteiger charge is -2.36. The van der Waals surface area contributed by atoms with Crippen molar-refractivity contribution in [1.29, 1.82) is 0 Å². The zero-order valence-corrected chi connectivity index (χ0v) is 12.6. The molecule has 1 aliphatic rings. The average molecular weight is 296 g/mol. The van der Waals surface area contributed by atoms with Gasteiger partial charge in [0.1, 0.15) is 0 Å². The monoisotopic (exact) mass is 295 g/mol. The van der Waals surface area contributed by atoms with E-state index in [-0.39, 0.29) is 0 Å². The molecule has 1 nitrogen and oxygen atoms in total. The Bertz CT molecular complexity index is 398. The van der Waals surface area contributed by atoms with Gasteiger partial charge in [-0.1, -0.05) is 36.2 Å². The van der Waals surface area contributed by atoms with Gasteiger partial charge in [0.25, 0.3) is 0 Å². The summed E-state index contributed by atoms with van der Waals surface area (Å²) in [6, 6.07) is 7.11. The first kappa shape index (κ1) is 12.9. The molecule has 0 aromatic heterocycles. The number of hydrogen-bond donors (Lipinski definition) is 1. The highest BCUT2D eigenvalue weighted by atomic mass is 79.9. The van der Waals surface area contributed by atoms with E-state index in [0.717, 1.165) is 4.47 Å². The van der Waals surface area contributed by atoms with Gasteiger partial charge < -0.3 is 5.32 Å². The molecule has 0 saturated heterocycles. The molecule has 1 saturated carbocycles. The Kier molecular flexibility index (Phi) is 3.82. The van der Waals surface area contributed by atoms with Crippen molar-refractivity contribution in [3.63, 3.8) is 0 Å². The van der Waals surface area contributed by atoms with Crippen molar-refractivity contribution >= 4 is 21.6 Å². The lowest BCUT2D eigenvalue weighted by Crippen LogP contribution is -2.31. The number of anilines is 1. The van der Waals surface area contributed by atoms with Crippen molar-refractivity contribution in [3.05, 3.63) is 28.2 Å². The highest BCUT2D eigenvalue weighted by Gasteiger charge is 2.27. The third kappa shape index (κ3) is 3.48. The van der Waals surface area contributed by atoms with Crippen LogP contribution >= 0.6 is 15.9 Å². The predicted octanol–water partition coefficient (Wildman–Crippen LogP) is 5.14. The Labute approximate surface area is 113 Å². The van der Waals surface area contributed by atoms with Crippen LogP contribution in [0.1, 0.15) is 45.1 Å². The molecule has 1 fully saturated rings. The minimum absolute atomic E-state index is 0.499. The van der Waals surface area contributed by atoms with Crippen molar-refractivity contribution in [1.82, 2.24) is 0 Å². The molecule has 1 aromatic carbocycles. The molecule has 1 N–H and O–H groups in total. The van der Waals surface area contributed by atoms with E-state index in [4.69, 9.17) is 0 Å². The van der Waals surface area contributed by atoms with E-state index in [2.05, 4.69) is 60.2 Å². The maximum atomic E-state index is 3.71. The highest BCUT2D eigenvalue weighted by Crippen LogP contribution is 2.36. The van der Waals surface area contributed by atoms with E-state index in [9.17, 15) is 0 Å². The van der Waals surface area contributed by atoms with Gasteiger partial charge in [0, 0.05) is 16.2 Å². The smallest absolute Gasteiger partial charge is 0.0372 e. The van der Waals surface area contributed by atoms with Crippen LogP contribution in [0.2, 0.25) is 0 Å². The van der Waals surface area contributed by atoms with Gasteiger partial charge in [-0.15, -0.1) is 0 Å². The Morgan fingerprint density at radius 1 is 1.35 bits per heavy atom. The third-order valence-electron chi connectivity index (χ3n) is 3.75. The molecule has 94 valence electrons. The van der Waals surface area contributed by atoms with Gasteiger partial charge in [0.2, 0.25) is 0 Å². The van der Waals surface area contributed by atoms with E-state index in [1.807, 2.05) is 0 Å². The van der Waals surface area contributed by atoms with Crippen LogP contribution in [0.25, 0.3) is 0 Å². The molecular formula is C15H22BrN. The summed E-state index contributed by atoms with van der Waals surface area (Å²) in [5.41, 5.74) is 3.11. The summed E-state index contributed by atoms with van der Waals surface area (Å²) in [4.78, 5) is 0. The van der Waals surface area contributed by atoms with Gasteiger partial charge in [0.15, 0.2) is 0 Å². The molecule has 1 unspecified atom stereocenters. The van der Waals surface area contributed by atoms with Crippen LogP contribution in [0, 0.1) is 12.3 Å². The largest absolute Gasteiger partial charge is 0.382 e. The first-order valence-corrected chi connectivity index (χ1v) is 7.28. The van der Waals surface area contributed by atoms with E-state index in [1.54, 1.807) is 0 Å². The quantitative estimate of drug-likeness (QED) is 0.797. The zero-order chi connectivity index (χ0) is 12.5. The number of aryl methyl sites for hydroxylation is 1. The summed E-state index contributed by atoms with van der Waals surface area (Å²) >= 11 is 3.51. The van der Waals surface area contributed by atoms with Crippen LogP contribution in [-0.4, -0.2) is 6.04 Å². The maximum absolute atomic E-state index is 3.71. The summed E-state index contributed by atoms with van der Waals surface area (Å²) in [7, 11) is 0. The summed E-state index contributed by atoms with van der Waals surface area (Å²) in [6.07, 6.45) is 5.30. The molecule has 2 rings (SSSR count). The predicted molar refractivity (Wildman–Crippen MR) is 78.5 cm³/mol. The van der Waals surface area contributed by atoms with Gasteiger partial charge in [-0.3, -0.25) is 0 Å². The lowest BCUT2D eigenvalue weighted by molar-refractivity contribution is 0.229. The fourth-order valence-electron chi connectivity index (χ4n) is 2.83. The Morgan fingerprint density at radius 2 is 2.12 bits per heavy atom. The Hall–Kier alpha value is -0.500. The maximum Gasteiger partial charge on any atom is 0.0372 e. The van der Waals surface area contributed by atoms with Crippen molar-refractivity contribution in [2.24, 2.45) is 5.41 Å². The van der Waals surface area contributed by atoms with E-state index < -0.39 is 0 Å². The molecule has 1 atom stereocenters. The molecule has 0 bridgehead atoms. The molecule has 0 amide bonds. The van der Waals surface area contributed by atoms with Gasteiger partial charge in [-0.05, 0) is 55.4 Å². The van der Waals surface area contributed by atoms with Gasteiger partial charge >= 0.3 is 0 Å².